The van der Waals surface area contributed by atoms with E-state index in [9.17, 15) is 140 Å². The van der Waals surface area contributed by atoms with Crippen LogP contribution >= 0.6 is 0 Å². The number of halogens is 27. The third-order valence-electron chi connectivity index (χ3n) is 8.10. The van der Waals surface area contributed by atoms with Crippen LogP contribution in [0.1, 0.15) is 13.8 Å². The minimum absolute atomic E-state index is 0.279. The number of anilines is 3. The van der Waals surface area contributed by atoms with Crippen molar-refractivity contribution in [3.05, 3.63) is 0 Å². The van der Waals surface area contributed by atoms with Gasteiger partial charge in [0.25, 0.3) is 0 Å². The van der Waals surface area contributed by atoms with Crippen LogP contribution in [0.25, 0.3) is 0 Å². The summed E-state index contributed by atoms with van der Waals surface area (Å²) in [5.74, 6) is -2.87. The Balaban J connectivity index is 3.63. The number of aliphatic hydroxyl groups excluding tert-OH is 6. The van der Waals surface area contributed by atoms with Gasteiger partial charge >= 0.3 is 79.5 Å². The largest absolute Gasteiger partial charge is 0.483 e. The van der Waals surface area contributed by atoms with E-state index in [2.05, 4.69) is 19.7 Å². The van der Waals surface area contributed by atoms with Crippen LogP contribution in [0.4, 0.5) is 136 Å². The Morgan fingerprint density at radius 3 is 0.760 bits per heavy atom. The predicted molar refractivity (Wildman–Crippen MR) is 179 cm³/mol. The Kier molecular flexibility index (Phi) is 21.7. The lowest BCUT2D eigenvalue weighted by Crippen LogP contribution is -2.62. The second kappa shape index (κ2) is 23.6. The van der Waals surface area contributed by atoms with Gasteiger partial charge in [0.1, 0.15) is 6.54 Å². The predicted octanol–water partition coefficient (Wildman–Crippen LogP) is 5.17. The molecular formula is C30H33F27N6O12. The van der Waals surface area contributed by atoms with Crippen molar-refractivity contribution >= 4 is 17.8 Å². The van der Waals surface area contributed by atoms with Gasteiger partial charge in [0, 0.05) is 32.7 Å². The summed E-state index contributed by atoms with van der Waals surface area (Å²) in [5.41, 5.74) is 0. The zero-order valence-electron chi connectivity index (χ0n) is 36.1. The number of ether oxygens (including phenoxy) is 6. The molecule has 1 rings (SSSR count). The molecule has 18 nitrogen and oxygen atoms in total. The lowest BCUT2D eigenvalue weighted by molar-refractivity contribution is -0.595. The highest BCUT2D eigenvalue weighted by molar-refractivity contribution is 5.47. The maximum atomic E-state index is 15.2. The first-order valence-corrected chi connectivity index (χ1v) is 18.9. The van der Waals surface area contributed by atoms with Crippen molar-refractivity contribution in [2.75, 3.05) is 73.8 Å². The molecular weight excluding hydrogens is 1150 g/mol. The molecule has 0 aromatic carbocycles. The Bertz CT molecular complexity index is 1940. The number of aromatic nitrogens is 3. The van der Waals surface area contributed by atoms with Crippen LogP contribution in [-0.2, 0) is 28.4 Å². The molecule has 0 aliphatic heterocycles. The van der Waals surface area contributed by atoms with E-state index in [4.69, 9.17) is 0 Å². The molecule has 1 aromatic heterocycles. The summed E-state index contributed by atoms with van der Waals surface area (Å²) >= 11 is 0. The second-order valence-electron chi connectivity index (χ2n) is 14.1. The lowest BCUT2D eigenvalue weighted by atomic mass is 10.3. The Labute approximate surface area is 396 Å². The van der Waals surface area contributed by atoms with Gasteiger partial charge in [0.2, 0.25) is 17.8 Å². The summed E-state index contributed by atoms with van der Waals surface area (Å²) in [7, 11) is 0. The molecule has 45 heteroatoms. The van der Waals surface area contributed by atoms with Crippen LogP contribution in [0.15, 0.2) is 0 Å². The fourth-order valence-electron chi connectivity index (χ4n) is 4.52. The number of aliphatic hydroxyl groups is 6. The van der Waals surface area contributed by atoms with Gasteiger partial charge < -0.3 is 45.3 Å². The number of likely N-dealkylation sites (N-methyl/N-ethyl adjacent to an activating group) is 2. The van der Waals surface area contributed by atoms with E-state index >= 15 is 8.78 Å². The third-order valence-corrected chi connectivity index (χ3v) is 8.10. The van der Waals surface area contributed by atoms with Gasteiger partial charge in [-0.3, -0.25) is 0 Å². The van der Waals surface area contributed by atoms with E-state index in [1.807, 2.05) is 0 Å². The smallest absolute Gasteiger partial charge is 0.394 e. The highest BCUT2D eigenvalue weighted by Crippen LogP contribution is 2.54. The molecule has 0 radical (unpaired) electrons. The van der Waals surface area contributed by atoms with Crippen molar-refractivity contribution in [1.82, 2.24) is 15.0 Å². The van der Waals surface area contributed by atoms with Gasteiger partial charge in [-0.05, 0) is 13.8 Å². The van der Waals surface area contributed by atoms with Crippen LogP contribution in [0, 0.1) is 0 Å². The summed E-state index contributed by atoms with van der Waals surface area (Å²) in [6.07, 6.45) is -108. The van der Waals surface area contributed by atoms with Gasteiger partial charge in [-0.15, -0.1) is 0 Å². The van der Waals surface area contributed by atoms with Gasteiger partial charge in [-0.1, -0.05) is 0 Å². The summed E-state index contributed by atoms with van der Waals surface area (Å²) in [6, 6.07) is 0. The molecule has 0 fully saturated rings. The molecule has 1 aromatic rings. The molecule has 0 aliphatic carbocycles. The Morgan fingerprint density at radius 2 is 0.547 bits per heavy atom. The van der Waals surface area contributed by atoms with Crippen LogP contribution in [0.2, 0.25) is 0 Å². The minimum Gasteiger partial charge on any atom is -0.394 e. The summed E-state index contributed by atoms with van der Waals surface area (Å²) in [5, 5.41) is 57.7. The third kappa shape index (κ3) is 17.3. The Hall–Kier alpha value is -3.96. The highest BCUT2D eigenvalue weighted by Gasteiger charge is 2.81. The van der Waals surface area contributed by atoms with Gasteiger partial charge in [0.15, 0.2) is 0 Å². The first kappa shape index (κ1) is 69.1. The molecule has 3 unspecified atom stereocenters. The molecule has 6 N–H and O–H groups in total. The summed E-state index contributed by atoms with van der Waals surface area (Å²) in [4.78, 5) is 12.7. The van der Waals surface area contributed by atoms with Crippen molar-refractivity contribution in [2.24, 2.45) is 0 Å². The number of alkyl halides is 27. The molecule has 444 valence electrons. The van der Waals surface area contributed by atoms with Gasteiger partial charge in [0.05, 0.1) is 38.1 Å². The first-order chi connectivity index (χ1) is 33.2. The van der Waals surface area contributed by atoms with E-state index in [0.29, 0.717) is 0 Å². The molecule has 0 bridgehead atoms. The van der Waals surface area contributed by atoms with Crippen LogP contribution in [-0.4, -0.2) is 202 Å². The average Bonchev–Trinajstić information content (AvgIpc) is 3.20. The summed E-state index contributed by atoms with van der Waals surface area (Å²) in [6.45, 7) is -7.19. The van der Waals surface area contributed by atoms with E-state index < -0.39 is 162 Å². The quantitative estimate of drug-likeness (QED) is 0.0500. The number of hydrogen-bond donors (Lipinski definition) is 6. The van der Waals surface area contributed by atoms with Crippen LogP contribution < -0.4 is 14.7 Å². The molecule has 3 atom stereocenters. The molecule has 0 saturated carbocycles. The average molecular weight is 1180 g/mol. The molecule has 0 saturated heterocycles. The van der Waals surface area contributed by atoms with Crippen molar-refractivity contribution in [3.8, 4) is 0 Å². The zero-order valence-corrected chi connectivity index (χ0v) is 36.1. The van der Waals surface area contributed by atoms with Crippen LogP contribution in [0.5, 0.6) is 0 Å². The molecule has 0 amide bonds. The monoisotopic (exact) mass is 1180 g/mol. The lowest BCUT2D eigenvalue weighted by Gasteiger charge is -2.37. The van der Waals surface area contributed by atoms with E-state index in [-0.39, 0.29) is 18.0 Å². The molecule has 75 heavy (non-hydrogen) atoms. The van der Waals surface area contributed by atoms with E-state index in [0.717, 1.165) is 9.80 Å². The fraction of sp³-hybridized carbons (Fsp3) is 0.900. The van der Waals surface area contributed by atoms with E-state index in [1.54, 1.807) is 4.74 Å². The van der Waals surface area contributed by atoms with Gasteiger partial charge in [-0.25, -0.2) is 28.4 Å². The van der Waals surface area contributed by atoms with E-state index in [1.165, 1.54) is 32.8 Å². The SMILES string of the molecule is CCN(CC(O)CO)c1nc(N(CC)CC(O)CO)nc(N(CC(O)CO)CC(F)(F)OC(F)(F)C(F)(F)OC(F)(F)C(F)(F)OC(F)(F)C(F)(F)OC(F)(F)C(F)(F)OC(F)(F)C(F)(F)OC(F)(F)C(F)(F)F)n1. The van der Waals surface area contributed by atoms with Crippen molar-refractivity contribution in [3.63, 3.8) is 0 Å². The fourth-order valence-corrected chi connectivity index (χ4v) is 4.52. The van der Waals surface area contributed by atoms with Crippen LogP contribution in [0.3, 0.4) is 0 Å². The standard InChI is InChI=1S/C30H33F27N6O12/c1-3-61(5-12(67)8-64)15-58-16(62(4-2)6-13(68)9-65)60-17(59-15)63(7-14(69)10-66)11-18(31,32)70-21(38,39)22(40,41)72-25(46,47)26(48,49)74-29(54,55)30(56,57)75-28(52,53)27(50,51)73-24(44,45)23(42,43)71-20(36,37)19(33,34)35/h12-14,64-69H,3-11H2,1-2H3. The zero-order chi connectivity index (χ0) is 59.4. The normalized spacial score (nSPS) is 16.0. The topological polar surface area (TPSA) is 225 Å². The van der Waals surface area contributed by atoms with Gasteiger partial charge in [-0.2, -0.15) is 133 Å². The molecule has 1 heterocycles. The number of hydrogen-bond acceptors (Lipinski definition) is 18. The number of rotatable bonds is 33. The maximum Gasteiger partial charge on any atom is 0.483 e. The van der Waals surface area contributed by atoms with Crippen molar-refractivity contribution < 1.29 is 178 Å². The maximum absolute atomic E-state index is 15.2. The van der Waals surface area contributed by atoms with Crippen molar-refractivity contribution in [2.45, 2.75) is 112 Å². The minimum atomic E-state index is -8.38. The second-order valence-corrected chi connectivity index (χ2v) is 14.1. The molecule has 0 aliphatic rings. The highest BCUT2D eigenvalue weighted by atomic mass is 19.4. The number of nitrogens with zero attached hydrogens (tertiary/aromatic N) is 6. The molecule has 0 spiro atoms. The van der Waals surface area contributed by atoms with Crippen molar-refractivity contribution in [1.29, 1.82) is 0 Å². The first-order valence-electron chi connectivity index (χ1n) is 18.9. The Morgan fingerprint density at radius 1 is 0.347 bits per heavy atom. The summed E-state index contributed by atoms with van der Waals surface area (Å²) < 4.78 is 379.